The molecule has 0 saturated heterocycles. The number of rotatable bonds is 1. The van der Waals surface area contributed by atoms with Crippen LogP contribution < -0.4 is 11.3 Å². The largest absolute Gasteiger partial charge is 0.494 e. The van der Waals surface area contributed by atoms with Crippen LogP contribution in [0.3, 0.4) is 0 Å². The van der Waals surface area contributed by atoms with Crippen LogP contribution in [0.1, 0.15) is 12.5 Å². The van der Waals surface area contributed by atoms with E-state index >= 15 is 0 Å². The van der Waals surface area contributed by atoms with Gasteiger partial charge in [-0.15, -0.1) is 0 Å². The molecule has 0 aliphatic carbocycles. The van der Waals surface area contributed by atoms with Gasteiger partial charge in [-0.25, -0.2) is 0 Å². The maximum atomic E-state index is 11.3. The molecule has 0 radical (unpaired) electrons. The summed E-state index contributed by atoms with van der Waals surface area (Å²) < 4.78 is 1.22. The molecule has 0 aliphatic heterocycles. The van der Waals surface area contributed by atoms with Crippen LogP contribution in [0.5, 0.6) is 5.88 Å². The standard InChI is InChI=1S/C8H12N2O2/c1-3-10-6(11)4-5(2)7(9)8(10)12/h4,11H,3,9H2,1-2H3. The van der Waals surface area contributed by atoms with E-state index in [1.807, 2.05) is 0 Å². The van der Waals surface area contributed by atoms with Crippen molar-refractivity contribution in [2.24, 2.45) is 0 Å². The number of aryl methyl sites for hydroxylation is 1. The van der Waals surface area contributed by atoms with Crippen LogP contribution in [0.25, 0.3) is 0 Å². The van der Waals surface area contributed by atoms with Gasteiger partial charge in [0.25, 0.3) is 5.56 Å². The molecule has 0 bridgehead atoms. The summed E-state index contributed by atoms with van der Waals surface area (Å²) in [6.07, 6.45) is 0. The molecular formula is C8H12N2O2. The predicted molar refractivity (Wildman–Crippen MR) is 47.2 cm³/mol. The minimum atomic E-state index is -0.324. The van der Waals surface area contributed by atoms with E-state index in [0.717, 1.165) is 0 Å². The van der Waals surface area contributed by atoms with Gasteiger partial charge in [-0.05, 0) is 19.4 Å². The number of aromatic nitrogens is 1. The fourth-order valence-electron chi connectivity index (χ4n) is 1.07. The predicted octanol–water partition coefficient (Wildman–Crippen LogP) is 0.464. The zero-order chi connectivity index (χ0) is 9.30. The van der Waals surface area contributed by atoms with Crippen LogP contribution in [0.2, 0.25) is 0 Å². The summed E-state index contributed by atoms with van der Waals surface area (Å²) in [4.78, 5) is 11.3. The van der Waals surface area contributed by atoms with Crippen LogP contribution >= 0.6 is 0 Å². The van der Waals surface area contributed by atoms with Gasteiger partial charge in [0.05, 0.1) is 0 Å². The fraction of sp³-hybridized carbons (Fsp3) is 0.375. The molecule has 0 unspecified atom stereocenters. The highest BCUT2D eigenvalue weighted by Crippen LogP contribution is 2.12. The van der Waals surface area contributed by atoms with Crippen LogP contribution in [0, 0.1) is 6.92 Å². The summed E-state index contributed by atoms with van der Waals surface area (Å²) in [5, 5.41) is 9.30. The SMILES string of the molecule is CCn1c(O)cc(C)c(N)c1=O. The first-order valence-electron chi connectivity index (χ1n) is 3.76. The topological polar surface area (TPSA) is 68.2 Å². The normalized spacial score (nSPS) is 10.2. The molecule has 1 aromatic rings. The highest BCUT2D eigenvalue weighted by atomic mass is 16.3. The van der Waals surface area contributed by atoms with Crippen molar-refractivity contribution >= 4 is 5.69 Å². The van der Waals surface area contributed by atoms with Crippen LogP contribution in [0.4, 0.5) is 5.69 Å². The van der Waals surface area contributed by atoms with Crippen LogP contribution in [-0.4, -0.2) is 9.67 Å². The molecule has 0 atom stereocenters. The van der Waals surface area contributed by atoms with E-state index in [4.69, 9.17) is 5.73 Å². The maximum Gasteiger partial charge on any atom is 0.276 e. The number of anilines is 1. The van der Waals surface area contributed by atoms with E-state index in [0.29, 0.717) is 12.1 Å². The van der Waals surface area contributed by atoms with E-state index in [1.165, 1.54) is 10.6 Å². The third-order valence-corrected chi connectivity index (χ3v) is 1.84. The Hall–Kier alpha value is -1.45. The van der Waals surface area contributed by atoms with Crippen molar-refractivity contribution < 1.29 is 5.11 Å². The Labute approximate surface area is 70.3 Å². The first-order valence-corrected chi connectivity index (χ1v) is 3.76. The Bertz CT molecular complexity index is 355. The zero-order valence-corrected chi connectivity index (χ0v) is 7.16. The molecule has 66 valence electrons. The second-order valence-corrected chi connectivity index (χ2v) is 2.65. The maximum absolute atomic E-state index is 11.3. The molecule has 0 aromatic carbocycles. The lowest BCUT2D eigenvalue weighted by atomic mass is 10.2. The van der Waals surface area contributed by atoms with Gasteiger partial charge >= 0.3 is 0 Å². The van der Waals surface area contributed by atoms with Crippen LogP contribution in [0.15, 0.2) is 10.9 Å². The number of nitrogen functional groups attached to an aromatic ring is 1. The second kappa shape index (κ2) is 2.89. The monoisotopic (exact) mass is 168 g/mol. The Balaban J connectivity index is 3.52. The lowest BCUT2D eigenvalue weighted by Crippen LogP contribution is -2.22. The number of aromatic hydroxyl groups is 1. The van der Waals surface area contributed by atoms with Gasteiger partial charge in [0.2, 0.25) is 0 Å². The summed E-state index contributed by atoms with van der Waals surface area (Å²) in [6, 6.07) is 1.49. The van der Waals surface area contributed by atoms with E-state index < -0.39 is 0 Å². The number of pyridine rings is 1. The lowest BCUT2D eigenvalue weighted by Gasteiger charge is -2.07. The smallest absolute Gasteiger partial charge is 0.276 e. The molecule has 1 heterocycles. The number of hydrogen-bond donors (Lipinski definition) is 2. The molecule has 0 spiro atoms. The van der Waals surface area contributed by atoms with Crippen molar-refractivity contribution in [2.75, 3.05) is 5.73 Å². The molecule has 1 aromatic heterocycles. The number of nitrogens with two attached hydrogens (primary N) is 1. The van der Waals surface area contributed by atoms with Crippen molar-refractivity contribution in [3.05, 3.63) is 22.0 Å². The van der Waals surface area contributed by atoms with E-state index in [-0.39, 0.29) is 17.1 Å². The van der Waals surface area contributed by atoms with Gasteiger partial charge in [-0.1, -0.05) is 0 Å². The Morgan fingerprint density at radius 2 is 2.25 bits per heavy atom. The zero-order valence-electron chi connectivity index (χ0n) is 7.16. The first-order chi connectivity index (χ1) is 5.57. The average molecular weight is 168 g/mol. The first kappa shape index (κ1) is 8.64. The summed E-state index contributed by atoms with van der Waals surface area (Å²) in [5.41, 5.74) is 5.98. The van der Waals surface area contributed by atoms with Gasteiger partial charge in [-0.2, -0.15) is 0 Å². The molecule has 12 heavy (non-hydrogen) atoms. The minimum Gasteiger partial charge on any atom is -0.494 e. The van der Waals surface area contributed by atoms with Crippen molar-refractivity contribution in [1.29, 1.82) is 0 Å². The molecule has 3 N–H and O–H groups in total. The van der Waals surface area contributed by atoms with E-state index in [1.54, 1.807) is 13.8 Å². The van der Waals surface area contributed by atoms with Gasteiger partial charge in [0, 0.05) is 12.6 Å². The van der Waals surface area contributed by atoms with Crippen molar-refractivity contribution in [3.63, 3.8) is 0 Å². The highest BCUT2D eigenvalue weighted by Gasteiger charge is 2.06. The third kappa shape index (κ3) is 1.15. The highest BCUT2D eigenvalue weighted by molar-refractivity contribution is 5.45. The van der Waals surface area contributed by atoms with Crippen LogP contribution in [-0.2, 0) is 6.54 Å². The Morgan fingerprint density at radius 1 is 1.67 bits per heavy atom. The van der Waals surface area contributed by atoms with Crippen molar-refractivity contribution in [3.8, 4) is 5.88 Å². The average Bonchev–Trinajstić information content (AvgIpc) is 2.01. The van der Waals surface area contributed by atoms with Crippen molar-refractivity contribution in [2.45, 2.75) is 20.4 Å². The lowest BCUT2D eigenvalue weighted by molar-refractivity contribution is 0.411. The molecule has 1 rings (SSSR count). The molecule has 0 amide bonds. The molecule has 4 nitrogen and oxygen atoms in total. The summed E-state index contributed by atoms with van der Waals surface area (Å²) in [6.45, 7) is 3.89. The fourth-order valence-corrected chi connectivity index (χ4v) is 1.07. The second-order valence-electron chi connectivity index (χ2n) is 2.65. The number of nitrogens with zero attached hydrogens (tertiary/aromatic N) is 1. The Kier molecular flexibility index (Phi) is 2.08. The van der Waals surface area contributed by atoms with Gasteiger partial charge in [0.15, 0.2) is 5.88 Å². The van der Waals surface area contributed by atoms with E-state index in [9.17, 15) is 9.90 Å². The van der Waals surface area contributed by atoms with Gasteiger partial charge in [-0.3, -0.25) is 9.36 Å². The summed E-state index contributed by atoms with van der Waals surface area (Å²) in [7, 11) is 0. The third-order valence-electron chi connectivity index (χ3n) is 1.84. The minimum absolute atomic E-state index is 0.0331. The summed E-state index contributed by atoms with van der Waals surface area (Å²) in [5.74, 6) is -0.0331. The van der Waals surface area contributed by atoms with Gasteiger partial charge in [0.1, 0.15) is 5.69 Å². The van der Waals surface area contributed by atoms with Crippen molar-refractivity contribution in [1.82, 2.24) is 4.57 Å². The summed E-state index contributed by atoms with van der Waals surface area (Å²) >= 11 is 0. The Morgan fingerprint density at radius 3 is 2.75 bits per heavy atom. The molecule has 0 aliphatic rings. The quantitative estimate of drug-likeness (QED) is 0.640. The molecule has 0 fully saturated rings. The molecular weight excluding hydrogens is 156 g/mol. The molecule has 0 saturated carbocycles. The van der Waals surface area contributed by atoms with Gasteiger partial charge < -0.3 is 10.8 Å². The van der Waals surface area contributed by atoms with E-state index in [2.05, 4.69) is 0 Å². The molecule has 4 heteroatoms. The number of hydrogen-bond acceptors (Lipinski definition) is 3.